The third-order valence-corrected chi connectivity index (χ3v) is 5.25. The van der Waals surface area contributed by atoms with Gasteiger partial charge in [0.2, 0.25) is 11.8 Å². The molecular formula is C18H28N4O3. The van der Waals surface area contributed by atoms with Crippen molar-refractivity contribution in [2.75, 3.05) is 13.1 Å². The fraction of sp³-hybridized carbons (Fsp3) is 0.722. The molecule has 25 heavy (non-hydrogen) atoms. The van der Waals surface area contributed by atoms with Gasteiger partial charge >= 0.3 is 6.03 Å². The first-order chi connectivity index (χ1) is 12.0. The molecule has 138 valence electrons. The average Bonchev–Trinajstić information content (AvgIpc) is 3.23. The van der Waals surface area contributed by atoms with Crippen LogP contribution in [-0.4, -0.2) is 41.0 Å². The fourth-order valence-electron chi connectivity index (χ4n) is 3.63. The lowest BCUT2D eigenvalue weighted by molar-refractivity contribution is -0.126. The molecule has 7 nitrogen and oxygen atoms in total. The molecule has 1 aromatic heterocycles. The van der Waals surface area contributed by atoms with E-state index < -0.39 is 0 Å². The molecular weight excluding hydrogens is 320 g/mol. The van der Waals surface area contributed by atoms with E-state index in [1.54, 1.807) is 4.90 Å². The molecule has 1 aromatic rings. The Morgan fingerprint density at radius 1 is 1.20 bits per heavy atom. The number of urea groups is 1. The first kappa shape index (κ1) is 17.8. The zero-order valence-corrected chi connectivity index (χ0v) is 15.1. The Morgan fingerprint density at radius 2 is 1.96 bits per heavy atom. The predicted molar refractivity (Wildman–Crippen MR) is 92.9 cm³/mol. The Hall–Kier alpha value is -2.05. The Bertz CT molecular complexity index is 602. The predicted octanol–water partition coefficient (Wildman–Crippen LogP) is 2.27. The van der Waals surface area contributed by atoms with Crippen molar-refractivity contribution in [2.45, 2.75) is 65.0 Å². The lowest BCUT2D eigenvalue weighted by Gasteiger charge is -2.32. The number of carbonyl (C=O) groups is 2. The van der Waals surface area contributed by atoms with E-state index in [2.05, 4.69) is 15.6 Å². The van der Waals surface area contributed by atoms with Gasteiger partial charge in [0.15, 0.2) is 0 Å². The SMILES string of the molecule is Cc1nc(CNC(=O)C2CCCN(C(=O)NC3CCCC3)C2)oc1C. The zero-order valence-electron chi connectivity index (χ0n) is 15.1. The van der Waals surface area contributed by atoms with Crippen LogP contribution in [0, 0.1) is 19.8 Å². The number of nitrogens with zero attached hydrogens (tertiary/aromatic N) is 2. The van der Waals surface area contributed by atoms with Gasteiger partial charge < -0.3 is 20.0 Å². The number of likely N-dealkylation sites (tertiary alicyclic amines) is 1. The van der Waals surface area contributed by atoms with Gasteiger partial charge in [-0.2, -0.15) is 0 Å². The fourth-order valence-corrected chi connectivity index (χ4v) is 3.63. The summed E-state index contributed by atoms with van der Waals surface area (Å²) in [6.45, 7) is 5.23. The van der Waals surface area contributed by atoms with Gasteiger partial charge in [-0.05, 0) is 39.5 Å². The highest BCUT2D eigenvalue weighted by atomic mass is 16.4. The standard InChI is InChI=1S/C18H28N4O3/c1-12-13(2)25-16(20-12)10-19-17(23)14-6-5-9-22(11-14)18(24)21-15-7-3-4-8-15/h14-15H,3-11H2,1-2H3,(H,19,23)(H,21,24). The molecule has 1 atom stereocenters. The van der Waals surface area contributed by atoms with Crippen molar-refractivity contribution >= 4 is 11.9 Å². The van der Waals surface area contributed by atoms with E-state index in [1.807, 2.05) is 13.8 Å². The van der Waals surface area contributed by atoms with Gasteiger partial charge in [0.05, 0.1) is 18.2 Å². The van der Waals surface area contributed by atoms with E-state index in [9.17, 15) is 9.59 Å². The van der Waals surface area contributed by atoms with Gasteiger partial charge in [-0.25, -0.2) is 9.78 Å². The maximum absolute atomic E-state index is 12.4. The van der Waals surface area contributed by atoms with Crippen LogP contribution in [0.4, 0.5) is 4.79 Å². The van der Waals surface area contributed by atoms with Crippen LogP contribution < -0.4 is 10.6 Å². The molecule has 2 N–H and O–H groups in total. The van der Waals surface area contributed by atoms with Gasteiger partial charge in [0, 0.05) is 19.1 Å². The summed E-state index contributed by atoms with van der Waals surface area (Å²) in [7, 11) is 0. The smallest absolute Gasteiger partial charge is 0.317 e. The summed E-state index contributed by atoms with van der Waals surface area (Å²) >= 11 is 0. The van der Waals surface area contributed by atoms with Crippen molar-refractivity contribution < 1.29 is 14.0 Å². The first-order valence-electron chi connectivity index (χ1n) is 9.29. The van der Waals surface area contributed by atoms with Gasteiger partial charge in [0.1, 0.15) is 5.76 Å². The molecule has 1 aliphatic carbocycles. The van der Waals surface area contributed by atoms with Crippen LogP contribution in [0.15, 0.2) is 4.42 Å². The highest BCUT2D eigenvalue weighted by molar-refractivity contribution is 5.80. The summed E-state index contributed by atoms with van der Waals surface area (Å²) in [5.74, 6) is 1.10. The summed E-state index contributed by atoms with van der Waals surface area (Å²) in [5, 5.41) is 5.99. The van der Waals surface area contributed by atoms with Gasteiger partial charge in [-0.1, -0.05) is 12.8 Å². The molecule has 3 rings (SSSR count). The number of piperidine rings is 1. The summed E-state index contributed by atoms with van der Waals surface area (Å²) in [6, 6.07) is 0.279. The van der Waals surface area contributed by atoms with Crippen molar-refractivity contribution in [1.82, 2.24) is 20.5 Å². The monoisotopic (exact) mass is 348 g/mol. The van der Waals surface area contributed by atoms with Crippen LogP contribution in [0.1, 0.15) is 55.9 Å². The Labute approximate surface area is 148 Å². The molecule has 2 fully saturated rings. The lowest BCUT2D eigenvalue weighted by atomic mass is 9.97. The summed E-state index contributed by atoms with van der Waals surface area (Å²) in [6.07, 6.45) is 6.18. The molecule has 1 aliphatic heterocycles. The van der Waals surface area contributed by atoms with Crippen molar-refractivity contribution in [1.29, 1.82) is 0 Å². The highest BCUT2D eigenvalue weighted by Crippen LogP contribution is 2.20. The van der Waals surface area contributed by atoms with Gasteiger partial charge in [-0.3, -0.25) is 4.79 Å². The Balaban J connectivity index is 1.48. The van der Waals surface area contributed by atoms with Crippen LogP contribution in [0.2, 0.25) is 0 Å². The van der Waals surface area contributed by atoms with E-state index in [0.717, 1.165) is 43.7 Å². The Kier molecular flexibility index (Phi) is 5.60. The van der Waals surface area contributed by atoms with E-state index in [4.69, 9.17) is 4.42 Å². The summed E-state index contributed by atoms with van der Waals surface area (Å²) in [4.78, 5) is 30.9. The molecule has 1 saturated carbocycles. The zero-order chi connectivity index (χ0) is 17.8. The van der Waals surface area contributed by atoms with Crippen molar-refractivity contribution in [3.8, 4) is 0 Å². The van der Waals surface area contributed by atoms with Gasteiger partial charge in [-0.15, -0.1) is 0 Å². The first-order valence-corrected chi connectivity index (χ1v) is 9.29. The minimum atomic E-state index is -0.166. The number of nitrogens with one attached hydrogen (secondary N) is 2. The van der Waals surface area contributed by atoms with Crippen LogP contribution in [0.5, 0.6) is 0 Å². The number of aryl methyl sites for hydroxylation is 2. The van der Waals surface area contributed by atoms with Crippen LogP contribution >= 0.6 is 0 Å². The molecule has 2 aliphatic rings. The summed E-state index contributed by atoms with van der Waals surface area (Å²) < 4.78 is 5.49. The minimum absolute atomic E-state index is 0.0247. The molecule has 0 spiro atoms. The third-order valence-electron chi connectivity index (χ3n) is 5.25. The number of hydrogen-bond acceptors (Lipinski definition) is 4. The highest BCUT2D eigenvalue weighted by Gasteiger charge is 2.29. The summed E-state index contributed by atoms with van der Waals surface area (Å²) in [5.41, 5.74) is 0.844. The van der Waals surface area contributed by atoms with E-state index in [-0.39, 0.29) is 24.4 Å². The largest absolute Gasteiger partial charge is 0.444 e. The second kappa shape index (κ2) is 7.89. The second-order valence-electron chi connectivity index (χ2n) is 7.18. The number of rotatable bonds is 4. The van der Waals surface area contributed by atoms with Crippen LogP contribution in [0.25, 0.3) is 0 Å². The van der Waals surface area contributed by atoms with E-state index >= 15 is 0 Å². The van der Waals surface area contributed by atoms with Crippen LogP contribution in [-0.2, 0) is 11.3 Å². The molecule has 1 unspecified atom stereocenters. The average molecular weight is 348 g/mol. The minimum Gasteiger partial charge on any atom is -0.444 e. The number of carbonyl (C=O) groups excluding carboxylic acids is 2. The number of hydrogen-bond donors (Lipinski definition) is 2. The number of oxazole rings is 1. The topological polar surface area (TPSA) is 87.5 Å². The molecule has 3 amide bonds. The molecule has 0 bridgehead atoms. The normalized spacial score (nSPS) is 21.4. The van der Waals surface area contributed by atoms with E-state index in [1.165, 1.54) is 12.8 Å². The van der Waals surface area contributed by atoms with Crippen molar-refractivity contribution in [2.24, 2.45) is 5.92 Å². The third kappa shape index (κ3) is 4.52. The number of amides is 3. The Morgan fingerprint density at radius 3 is 2.64 bits per heavy atom. The van der Waals surface area contributed by atoms with Crippen molar-refractivity contribution in [3.63, 3.8) is 0 Å². The maximum atomic E-state index is 12.4. The lowest BCUT2D eigenvalue weighted by Crippen LogP contribution is -2.50. The van der Waals surface area contributed by atoms with E-state index in [0.29, 0.717) is 18.5 Å². The molecule has 2 heterocycles. The molecule has 0 radical (unpaired) electrons. The van der Waals surface area contributed by atoms with Gasteiger partial charge in [0.25, 0.3) is 0 Å². The molecule has 0 aromatic carbocycles. The van der Waals surface area contributed by atoms with Crippen molar-refractivity contribution in [3.05, 3.63) is 17.3 Å². The van der Waals surface area contributed by atoms with Crippen LogP contribution in [0.3, 0.4) is 0 Å². The molecule has 1 saturated heterocycles. The number of aromatic nitrogens is 1. The quantitative estimate of drug-likeness (QED) is 0.874. The second-order valence-corrected chi connectivity index (χ2v) is 7.18. The maximum Gasteiger partial charge on any atom is 0.317 e. The molecule has 7 heteroatoms.